The molecule has 4 fully saturated rings. The molecule has 9 heteroatoms. The van der Waals surface area contributed by atoms with Gasteiger partial charge < -0.3 is 24.4 Å². The summed E-state index contributed by atoms with van der Waals surface area (Å²) >= 11 is 0. The van der Waals surface area contributed by atoms with Crippen molar-refractivity contribution in [3.8, 4) is 0 Å². The van der Waals surface area contributed by atoms with Gasteiger partial charge in [0.25, 0.3) is 0 Å². The Labute approximate surface area is 171 Å². The number of epoxide rings is 1. The maximum Gasteiger partial charge on any atom is 0.331 e. The van der Waals surface area contributed by atoms with Crippen molar-refractivity contribution < 1.29 is 38.2 Å². The molecule has 10 atom stereocenters. The minimum atomic E-state index is -1.63. The highest BCUT2D eigenvalue weighted by atomic mass is 32.2. The Morgan fingerprint density at radius 1 is 1.31 bits per heavy atom. The van der Waals surface area contributed by atoms with Gasteiger partial charge >= 0.3 is 11.9 Å². The van der Waals surface area contributed by atoms with Crippen LogP contribution in [-0.4, -0.2) is 74.0 Å². The molecule has 2 aliphatic carbocycles. The molecular formula is C20H26O8S. The number of hydrogen-bond acceptors (Lipinski definition) is 8. The topological polar surface area (TPSA) is 123 Å². The van der Waals surface area contributed by atoms with Gasteiger partial charge in [-0.25, -0.2) is 4.79 Å². The molecule has 10 unspecified atom stereocenters. The Hall–Kier alpha value is -1.29. The molecule has 2 saturated heterocycles. The largest absolute Gasteiger partial charge is 0.459 e. The highest BCUT2D eigenvalue weighted by Crippen LogP contribution is 2.73. The summed E-state index contributed by atoms with van der Waals surface area (Å²) in [5.41, 5.74) is -4.00. The summed E-state index contributed by atoms with van der Waals surface area (Å²) in [5, 5.41) is 22.2. The quantitative estimate of drug-likeness (QED) is 0.471. The van der Waals surface area contributed by atoms with Crippen LogP contribution in [0.2, 0.25) is 0 Å². The van der Waals surface area contributed by atoms with Gasteiger partial charge in [-0.3, -0.25) is 9.00 Å². The van der Waals surface area contributed by atoms with Crippen molar-refractivity contribution in [1.82, 2.24) is 0 Å². The number of carbonyl (C=O) groups is 2. The summed E-state index contributed by atoms with van der Waals surface area (Å²) in [6, 6.07) is 0. The van der Waals surface area contributed by atoms with Crippen LogP contribution in [-0.2, 0) is 34.6 Å². The van der Waals surface area contributed by atoms with Gasteiger partial charge in [0.1, 0.15) is 17.8 Å². The molecular weight excluding hydrogens is 400 g/mol. The van der Waals surface area contributed by atoms with Crippen LogP contribution in [0.25, 0.3) is 0 Å². The average molecular weight is 426 g/mol. The van der Waals surface area contributed by atoms with E-state index < -0.39 is 63.2 Å². The third-order valence-corrected chi connectivity index (χ3v) is 8.92. The summed E-state index contributed by atoms with van der Waals surface area (Å²) in [7, 11) is -1.35. The highest BCUT2D eigenvalue weighted by molar-refractivity contribution is 7.84. The fourth-order valence-corrected chi connectivity index (χ4v) is 7.76. The number of aliphatic hydroxyl groups is 2. The lowest BCUT2D eigenvalue weighted by Crippen LogP contribution is -2.67. The first kappa shape index (κ1) is 19.7. The van der Waals surface area contributed by atoms with Crippen LogP contribution in [0.5, 0.6) is 0 Å². The maximum atomic E-state index is 12.8. The molecule has 0 aromatic rings. The second-order valence-corrected chi connectivity index (χ2v) is 11.3. The fraction of sp³-hybridized carbons (Fsp3) is 0.800. The van der Waals surface area contributed by atoms with E-state index >= 15 is 0 Å². The van der Waals surface area contributed by atoms with Gasteiger partial charge in [0.15, 0.2) is 11.7 Å². The van der Waals surface area contributed by atoms with Crippen molar-refractivity contribution in [2.75, 3.05) is 12.0 Å². The maximum absolute atomic E-state index is 12.8. The monoisotopic (exact) mass is 426 g/mol. The molecule has 160 valence electrons. The number of esters is 2. The molecule has 1 spiro atoms. The normalized spacial score (nSPS) is 52.8. The van der Waals surface area contributed by atoms with Crippen LogP contribution in [0.3, 0.4) is 0 Å². The molecule has 5 rings (SSSR count). The van der Waals surface area contributed by atoms with Crippen molar-refractivity contribution in [3.63, 3.8) is 0 Å². The predicted octanol–water partition coefficient (Wildman–Crippen LogP) is -0.172. The zero-order valence-electron chi connectivity index (χ0n) is 16.8. The van der Waals surface area contributed by atoms with Crippen LogP contribution < -0.4 is 0 Å². The standard InChI is InChI=1S/C20H26O8S/c1-17-6-5-10(21)19(3)9-7-11(22)26-15(18(2,24)8-29(4)25)20(9)14(28-20)12(13(17)19)27-16(17)23/h7,10,12-15,21,24H,5-6,8H2,1-4H3. The van der Waals surface area contributed by atoms with Crippen molar-refractivity contribution in [1.29, 1.82) is 0 Å². The van der Waals surface area contributed by atoms with E-state index in [0.717, 1.165) is 0 Å². The van der Waals surface area contributed by atoms with Gasteiger partial charge in [-0.1, -0.05) is 6.92 Å². The van der Waals surface area contributed by atoms with Gasteiger partial charge in [0.05, 0.1) is 17.3 Å². The molecule has 2 saturated carbocycles. The summed E-state index contributed by atoms with van der Waals surface area (Å²) in [6.07, 6.45) is 0.590. The number of hydrogen-bond donors (Lipinski definition) is 2. The van der Waals surface area contributed by atoms with Crippen molar-refractivity contribution in [2.24, 2.45) is 16.7 Å². The molecule has 0 radical (unpaired) electrons. The molecule has 2 N–H and O–H groups in total. The molecule has 5 aliphatic rings. The predicted molar refractivity (Wildman–Crippen MR) is 99.9 cm³/mol. The van der Waals surface area contributed by atoms with Crippen LogP contribution in [0.4, 0.5) is 0 Å². The van der Waals surface area contributed by atoms with E-state index in [1.165, 1.54) is 19.3 Å². The number of carbonyl (C=O) groups excluding carboxylic acids is 2. The number of aliphatic hydroxyl groups excluding tert-OH is 1. The van der Waals surface area contributed by atoms with Crippen molar-refractivity contribution in [2.45, 2.75) is 69.2 Å². The number of fused-ring (bicyclic) bond motifs is 2. The Kier molecular flexibility index (Phi) is 3.72. The second-order valence-electron chi connectivity index (χ2n) is 9.88. The van der Waals surface area contributed by atoms with Gasteiger partial charge in [0, 0.05) is 34.5 Å². The molecule has 0 amide bonds. The molecule has 3 aliphatic heterocycles. The van der Waals surface area contributed by atoms with E-state index in [0.29, 0.717) is 18.4 Å². The molecule has 8 nitrogen and oxygen atoms in total. The summed E-state index contributed by atoms with van der Waals surface area (Å²) in [5.74, 6) is -1.42. The van der Waals surface area contributed by atoms with Crippen LogP contribution in [0.15, 0.2) is 11.6 Å². The Bertz CT molecular complexity index is 882. The molecule has 29 heavy (non-hydrogen) atoms. The van der Waals surface area contributed by atoms with Gasteiger partial charge in [0.2, 0.25) is 0 Å². The van der Waals surface area contributed by atoms with Crippen LogP contribution in [0.1, 0.15) is 33.6 Å². The molecule has 0 aromatic carbocycles. The first-order valence-corrected chi connectivity index (χ1v) is 11.6. The number of ether oxygens (including phenoxy) is 3. The van der Waals surface area contributed by atoms with E-state index in [-0.39, 0.29) is 17.6 Å². The third-order valence-electron chi connectivity index (χ3n) is 7.93. The third kappa shape index (κ3) is 2.17. The van der Waals surface area contributed by atoms with Crippen molar-refractivity contribution in [3.05, 3.63) is 11.6 Å². The first-order valence-electron chi connectivity index (χ1n) is 9.91. The minimum absolute atomic E-state index is 0.110. The summed E-state index contributed by atoms with van der Waals surface area (Å²) in [4.78, 5) is 25.4. The number of rotatable bonds is 3. The molecule has 0 aromatic heterocycles. The average Bonchev–Trinajstić information content (AvgIpc) is 3.27. The number of cyclic esters (lactones) is 1. The highest BCUT2D eigenvalue weighted by Gasteiger charge is 2.85. The first-order chi connectivity index (χ1) is 13.4. The van der Waals surface area contributed by atoms with Gasteiger partial charge in [-0.05, 0) is 32.3 Å². The Balaban J connectivity index is 1.69. The van der Waals surface area contributed by atoms with Crippen molar-refractivity contribution >= 4 is 22.7 Å². The van der Waals surface area contributed by atoms with E-state index in [9.17, 15) is 24.0 Å². The lowest BCUT2D eigenvalue weighted by Gasteiger charge is -2.56. The van der Waals surface area contributed by atoms with E-state index in [2.05, 4.69) is 0 Å². The summed E-state index contributed by atoms with van der Waals surface area (Å²) < 4.78 is 29.3. The SMILES string of the molecule is CS(=O)CC(C)(O)C1OC(=O)C=C2C3(C)C(O)CCC4(C)C(=O)OC(C43)C3OC231. The lowest BCUT2D eigenvalue weighted by molar-refractivity contribution is -0.172. The zero-order valence-corrected chi connectivity index (χ0v) is 17.7. The van der Waals surface area contributed by atoms with E-state index in [4.69, 9.17) is 14.2 Å². The zero-order chi connectivity index (χ0) is 21.1. The minimum Gasteiger partial charge on any atom is -0.459 e. The summed E-state index contributed by atoms with van der Waals surface area (Å²) in [6.45, 7) is 5.18. The fourth-order valence-electron chi connectivity index (χ4n) is 6.78. The van der Waals surface area contributed by atoms with Gasteiger partial charge in [-0.2, -0.15) is 0 Å². The van der Waals surface area contributed by atoms with E-state index in [1.807, 2.05) is 13.8 Å². The lowest BCUT2D eigenvalue weighted by atomic mass is 9.46. The van der Waals surface area contributed by atoms with Crippen LogP contribution >= 0.6 is 0 Å². The Morgan fingerprint density at radius 2 is 2.00 bits per heavy atom. The van der Waals surface area contributed by atoms with Crippen LogP contribution in [0, 0.1) is 16.7 Å². The molecule has 3 heterocycles. The smallest absolute Gasteiger partial charge is 0.331 e. The van der Waals surface area contributed by atoms with Gasteiger partial charge in [-0.15, -0.1) is 0 Å². The molecule has 0 bridgehead atoms. The van der Waals surface area contributed by atoms with E-state index in [1.54, 1.807) is 0 Å². The Morgan fingerprint density at radius 3 is 2.66 bits per heavy atom. The second kappa shape index (κ2) is 5.49.